The van der Waals surface area contributed by atoms with Gasteiger partial charge in [0.2, 0.25) is 5.91 Å². The molecule has 0 aliphatic carbocycles. The second-order valence-corrected chi connectivity index (χ2v) is 6.15. The first-order valence-corrected chi connectivity index (χ1v) is 8.40. The Balaban J connectivity index is 1.94. The second-order valence-electron chi connectivity index (χ2n) is 5.37. The fraction of sp³-hybridized carbons (Fsp3) is 0.353. The molecule has 1 amide bonds. The third kappa shape index (κ3) is 3.17. The van der Waals surface area contributed by atoms with Crippen molar-refractivity contribution in [2.24, 2.45) is 0 Å². The molecule has 2 aromatic rings. The van der Waals surface area contributed by atoms with E-state index in [-0.39, 0.29) is 11.9 Å². The maximum absolute atomic E-state index is 11.6. The fourth-order valence-electron chi connectivity index (χ4n) is 2.85. The van der Waals surface area contributed by atoms with Crippen LogP contribution in [0.15, 0.2) is 35.0 Å². The zero-order valence-corrected chi connectivity index (χ0v) is 13.0. The Bertz CT molecular complexity index is 622. The Hall–Kier alpha value is -1.65. The number of carbonyl (C=O) groups excluding carboxylic acids is 1. The van der Waals surface area contributed by atoms with Gasteiger partial charge < -0.3 is 10.6 Å². The van der Waals surface area contributed by atoms with Crippen molar-refractivity contribution in [3.05, 3.63) is 51.7 Å². The summed E-state index contributed by atoms with van der Waals surface area (Å²) in [4.78, 5) is 11.6. The third-order valence-corrected chi connectivity index (χ3v) is 4.57. The molecule has 1 unspecified atom stereocenters. The normalized spacial score (nSPS) is 16.0. The summed E-state index contributed by atoms with van der Waals surface area (Å²) >= 11 is 1.72. The molecule has 2 N–H and O–H groups in total. The Morgan fingerprint density at radius 3 is 2.95 bits per heavy atom. The number of hydrogen-bond donors (Lipinski definition) is 2. The molecule has 0 fully saturated rings. The first kappa shape index (κ1) is 14.3. The number of anilines is 1. The Morgan fingerprint density at radius 2 is 2.19 bits per heavy atom. The van der Waals surface area contributed by atoms with E-state index in [1.807, 2.05) is 6.07 Å². The van der Waals surface area contributed by atoms with E-state index >= 15 is 0 Å². The number of thiophene rings is 1. The molecule has 3 nitrogen and oxygen atoms in total. The van der Waals surface area contributed by atoms with Gasteiger partial charge in [0.25, 0.3) is 0 Å². The molecule has 1 aliphatic rings. The summed E-state index contributed by atoms with van der Waals surface area (Å²) in [5, 5.41) is 10.9. The topological polar surface area (TPSA) is 41.1 Å². The molecule has 0 radical (unpaired) electrons. The molecule has 0 saturated carbocycles. The minimum absolute atomic E-state index is 0.127. The SMILES string of the molecule is CCNC(c1ccsc1)c1ccc2c(c1)CCCC(=O)N2. The van der Waals surface area contributed by atoms with Crippen molar-refractivity contribution < 1.29 is 4.79 Å². The molecule has 0 spiro atoms. The van der Waals surface area contributed by atoms with Crippen LogP contribution in [-0.2, 0) is 11.2 Å². The van der Waals surface area contributed by atoms with Crippen molar-refractivity contribution in [1.29, 1.82) is 0 Å². The summed E-state index contributed by atoms with van der Waals surface area (Å²) in [6, 6.07) is 8.81. The van der Waals surface area contributed by atoms with Gasteiger partial charge in [-0.25, -0.2) is 0 Å². The van der Waals surface area contributed by atoms with Crippen molar-refractivity contribution in [1.82, 2.24) is 5.32 Å². The molecule has 110 valence electrons. The fourth-order valence-corrected chi connectivity index (χ4v) is 3.53. The third-order valence-electron chi connectivity index (χ3n) is 3.87. The lowest BCUT2D eigenvalue weighted by Crippen LogP contribution is -2.21. The van der Waals surface area contributed by atoms with Crippen molar-refractivity contribution in [3.63, 3.8) is 0 Å². The Labute approximate surface area is 129 Å². The lowest BCUT2D eigenvalue weighted by Gasteiger charge is -2.19. The van der Waals surface area contributed by atoms with Gasteiger partial charge in [0.1, 0.15) is 0 Å². The molecular formula is C17H20N2OS. The van der Waals surface area contributed by atoms with Crippen LogP contribution in [0.3, 0.4) is 0 Å². The largest absolute Gasteiger partial charge is 0.326 e. The highest BCUT2D eigenvalue weighted by atomic mass is 32.1. The van der Waals surface area contributed by atoms with Gasteiger partial charge in [0, 0.05) is 12.1 Å². The van der Waals surface area contributed by atoms with E-state index in [1.165, 1.54) is 16.7 Å². The molecule has 0 saturated heterocycles. The standard InChI is InChI=1S/C17H20N2OS/c1-2-18-17(14-8-9-21-11-14)13-6-7-15-12(10-13)4-3-5-16(20)19-15/h6-11,17-18H,2-5H2,1H3,(H,19,20). The van der Waals surface area contributed by atoms with Crippen LogP contribution in [0.5, 0.6) is 0 Å². The van der Waals surface area contributed by atoms with Crippen LogP contribution >= 0.6 is 11.3 Å². The van der Waals surface area contributed by atoms with Gasteiger partial charge in [0.15, 0.2) is 0 Å². The van der Waals surface area contributed by atoms with E-state index in [0.29, 0.717) is 6.42 Å². The van der Waals surface area contributed by atoms with Crippen LogP contribution in [-0.4, -0.2) is 12.5 Å². The highest BCUT2D eigenvalue weighted by Gasteiger charge is 2.17. The van der Waals surface area contributed by atoms with Crippen LogP contribution in [0.25, 0.3) is 0 Å². The van der Waals surface area contributed by atoms with Gasteiger partial charge in [-0.05, 0) is 59.0 Å². The molecule has 21 heavy (non-hydrogen) atoms. The average molecular weight is 300 g/mol. The summed E-state index contributed by atoms with van der Waals surface area (Å²) in [6.07, 6.45) is 2.50. The van der Waals surface area contributed by atoms with Gasteiger partial charge in [-0.1, -0.05) is 19.1 Å². The molecule has 1 aromatic carbocycles. The predicted octanol–water partition coefficient (Wildman–Crippen LogP) is 3.72. The maximum Gasteiger partial charge on any atom is 0.224 e. The van der Waals surface area contributed by atoms with Gasteiger partial charge in [-0.15, -0.1) is 0 Å². The molecule has 0 bridgehead atoms. The summed E-state index contributed by atoms with van der Waals surface area (Å²) < 4.78 is 0. The number of fused-ring (bicyclic) bond motifs is 1. The van der Waals surface area contributed by atoms with E-state index in [0.717, 1.165) is 25.1 Å². The van der Waals surface area contributed by atoms with Crippen LogP contribution in [0, 0.1) is 0 Å². The lowest BCUT2D eigenvalue weighted by atomic mass is 9.97. The molecule has 1 aromatic heterocycles. The number of rotatable bonds is 4. The van der Waals surface area contributed by atoms with Crippen molar-refractivity contribution in [3.8, 4) is 0 Å². The summed E-state index contributed by atoms with van der Waals surface area (Å²) in [5.74, 6) is 0.127. The number of carbonyl (C=O) groups is 1. The summed E-state index contributed by atoms with van der Waals surface area (Å²) in [5.41, 5.74) is 4.79. The second kappa shape index (κ2) is 6.41. The van der Waals surface area contributed by atoms with Gasteiger partial charge in [-0.2, -0.15) is 11.3 Å². The number of aryl methyl sites for hydroxylation is 1. The van der Waals surface area contributed by atoms with Gasteiger partial charge >= 0.3 is 0 Å². The van der Waals surface area contributed by atoms with E-state index in [4.69, 9.17) is 0 Å². The number of amides is 1. The number of nitrogens with one attached hydrogen (secondary N) is 2. The quantitative estimate of drug-likeness (QED) is 0.903. The van der Waals surface area contributed by atoms with Crippen molar-refractivity contribution in [2.45, 2.75) is 32.2 Å². The zero-order valence-electron chi connectivity index (χ0n) is 12.2. The highest BCUT2D eigenvalue weighted by molar-refractivity contribution is 7.08. The van der Waals surface area contributed by atoms with Crippen LogP contribution in [0.1, 0.15) is 42.5 Å². The lowest BCUT2D eigenvalue weighted by molar-refractivity contribution is -0.116. The van der Waals surface area contributed by atoms with E-state index in [1.54, 1.807) is 11.3 Å². The molecule has 3 rings (SSSR count). The van der Waals surface area contributed by atoms with Crippen molar-refractivity contribution >= 4 is 22.9 Å². The Morgan fingerprint density at radius 1 is 1.29 bits per heavy atom. The number of benzene rings is 1. The summed E-state index contributed by atoms with van der Waals surface area (Å²) in [7, 11) is 0. The zero-order chi connectivity index (χ0) is 14.7. The van der Waals surface area contributed by atoms with Gasteiger partial charge in [-0.3, -0.25) is 4.79 Å². The van der Waals surface area contributed by atoms with E-state index < -0.39 is 0 Å². The van der Waals surface area contributed by atoms with E-state index in [2.05, 4.69) is 46.5 Å². The monoisotopic (exact) mass is 300 g/mol. The summed E-state index contributed by atoms with van der Waals surface area (Å²) in [6.45, 7) is 3.05. The predicted molar refractivity (Wildman–Crippen MR) is 87.8 cm³/mol. The smallest absolute Gasteiger partial charge is 0.224 e. The molecular weight excluding hydrogens is 280 g/mol. The first-order valence-electron chi connectivity index (χ1n) is 7.46. The van der Waals surface area contributed by atoms with Crippen LogP contribution < -0.4 is 10.6 Å². The van der Waals surface area contributed by atoms with Gasteiger partial charge in [0.05, 0.1) is 6.04 Å². The minimum Gasteiger partial charge on any atom is -0.326 e. The highest BCUT2D eigenvalue weighted by Crippen LogP contribution is 2.29. The van der Waals surface area contributed by atoms with E-state index in [9.17, 15) is 4.79 Å². The average Bonchev–Trinajstić information content (AvgIpc) is 2.93. The maximum atomic E-state index is 11.6. The molecule has 4 heteroatoms. The molecule has 1 atom stereocenters. The Kier molecular flexibility index (Phi) is 4.36. The molecule has 2 heterocycles. The minimum atomic E-state index is 0.127. The number of hydrogen-bond acceptors (Lipinski definition) is 3. The first-order chi connectivity index (χ1) is 10.3. The van der Waals surface area contributed by atoms with Crippen molar-refractivity contribution in [2.75, 3.05) is 11.9 Å². The van der Waals surface area contributed by atoms with Crippen LogP contribution in [0.2, 0.25) is 0 Å². The van der Waals surface area contributed by atoms with Crippen LogP contribution in [0.4, 0.5) is 5.69 Å². The molecule has 1 aliphatic heterocycles.